The second-order valence-corrected chi connectivity index (χ2v) is 6.13. The molecule has 6 nitrogen and oxygen atoms in total. The molecule has 0 spiro atoms. The lowest BCUT2D eigenvalue weighted by Gasteiger charge is -2.06. The van der Waals surface area contributed by atoms with Crippen molar-refractivity contribution in [2.45, 2.75) is 18.0 Å². The number of sulfonamides is 1. The summed E-state index contributed by atoms with van der Waals surface area (Å²) in [5, 5.41) is 10.7. The first-order valence-corrected chi connectivity index (χ1v) is 7.41. The molecule has 0 aromatic carbocycles. The molecule has 2 aromatic heterocycles. The lowest BCUT2D eigenvalue weighted by molar-refractivity contribution is 0.282. The summed E-state index contributed by atoms with van der Waals surface area (Å²) in [5.41, 5.74) is 0.578. The number of rotatable bonds is 5. The molecule has 0 aliphatic heterocycles. The molecule has 96 valence electrons. The highest BCUT2D eigenvalue weighted by atomic mass is 32.2. The Morgan fingerprint density at radius 2 is 2.22 bits per heavy atom. The minimum absolute atomic E-state index is 0.0889. The fourth-order valence-corrected chi connectivity index (χ4v) is 3.64. The van der Waals surface area contributed by atoms with Crippen LogP contribution in [0.3, 0.4) is 0 Å². The normalized spacial score (nSPS) is 11.6. The Hall–Kier alpha value is -1.35. The van der Waals surface area contributed by atoms with Crippen LogP contribution in [0.25, 0.3) is 0 Å². The SMILES string of the molecule is O=S(=O)(NCc1ccncn1)c1ccsc1CO. The zero-order chi connectivity index (χ0) is 13.0. The molecular formula is C10H11N3O3S2. The van der Waals surface area contributed by atoms with E-state index in [0.717, 1.165) is 0 Å². The highest BCUT2D eigenvalue weighted by Crippen LogP contribution is 2.21. The van der Waals surface area contributed by atoms with Gasteiger partial charge in [-0.15, -0.1) is 11.3 Å². The van der Waals surface area contributed by atoms with E-state index < -0.39 is 10.0 Å². The molecule has 0 amide bonds. The highest BCUT2D eigenvalue weighted by molar-refractivity contribution is 7.89. The van der Waals surface area contributed by atoms with Crippen LogP contribution in [0.15, 0.2) is 34.9 Å². The van der Waals surface area contributed by atoms with E-state index in [0.29, 0.717) is 10.6 Å². The van der Waals surface area contributed by atoms with E-state index in [2.05, 4.69) is 14.7 Å². The molecule has 0 bridgehead atoms. The quantitative estimate of drug-likeness (QED) is 0.835. The van der Waals surface area contributed by atoms with Crippen LogP contribution in [0, 0.1) is 0 Å². The van der Waals surface area contributed by atoms with Crippen LogP contribution in [-0.4, -0.2) is 23.5 Å². The summed E-state index contributed by atoms with van der Waals surface area (Å²) < 4.78 is 26.4. The summed E-state index contributed by atoms with van der Waals surface area (Å²) in [6.07, 6.45) is 2.90. The number of hydrogen-bond acceptors (Lipinski definition) is 6. The van der Waals surface area contributed by atoms with Gasteiger partial charge in [0, 0.05) is 11.1 Å². The Morgan fingerprint density at radius 1 is 1.39 bits per heavy atom. The predicted molar refractivity (Wildman–Crippen MR) is 66.3 cm³/mol. The minimum atomic E-state index is -3.62. The number of nitrogens with one attached hydrogen (secondary N) is 1. The largest absolute Gasteiger partial charge is 0.391 e. The highest BCUT2D eigenvalue weighted by Gasteiger charge is 2.19. The van der Waals surface area contributed by atoms with Gasteiger partial charge in [0.2, 0.25) is 10.0 Å². The lowest BCUT2D eigenvalue weighted by Crippen LogP contribution is -2.24. The molecule has 0 saturated heterocycles. The predicted octanol–water partition coefficient (Wildman–Crippen LogP) is 0.509. The van der Waals surface area contributed by atoms with Crippen molar-refractivity contribution in [1.29, 1.82) is 0 Å². The van der Waals surface area contributed by atoms with Crippen LogP contribution in [-0.2, 0) is 23.2 Å². The van der Waals surface area contributed by atoms with Crippen molar-refractivity contribution in [3.8, 4) is 0 Å². The number of hydrogen-bond donors (Lipinski definition) is 2. The van der Waals surface area contributed by atoms with E-state index in [-0.39, 0.29) is 18.0 Å². The maximum absolute atomic E-state index is 12.0. The Bertz CT molecular complexity index is 610. The molecular weight excluding hydrogens is 274 g/mol. The second kappa shape index (κ2) is 5.53. The Labute approximate surface area is 108 Å². The van der Waals surface area contributed by atoms with Gasteiger partial charge in [0.25, 0.3) is 0 Å². The number of aromatic nitrogens is 2. The number of thiophene rings is 1. The Morgan fingerprint density at radius 3 is 2.89 bits per heavy atom. The van der Waals surface area contributed by atoms with Crippen molar-refractivity contribution in [3.05, 3.63) is 40.6 Å². The van der Waals surface area contributed by atoms with Gasteiger partial charge >= 0.3 is 0 Å². The second-order valence-electron chi connectivity index (χ2n) is 3.39. The summed E-state index contributed by atoms with van der Waals surface area (Å²) >= 11 is 1.20. The summed E-state index contributed by atoms with van der Waals surface area (Å²) in [5.74, 6) is 0. The van der Waals surface area contributed by atoms with E-state index in [1.807, 2.05) is 0 Å². The molecule has 0 radical (unpaired) electrons. The molecule has 2 aromatic rings. The molecule has 0 unspecified atom stereocenters. The van der Waals surface area contributed by atoms with Gasteiger partial charge in [0.15, 0.2) is 0 Å². The van der Waals surface area contributed by atoms with Crippen molar-refractivity contribution in [1.82, 2.24) is 14.7 Å². The number of aliphatic hydroxyl groups excluding tert-OH is 1. The zero-order valence-corrected chi connectivity index (χ0v) is 10.9. The monoisotopic (exact) mass is 285 g/mol. The molecule has 0 saturated carbocycles. The molecule has 0 fully saturated rings. The van der Waals surface area contributed by atoms with Crippen LogP contribution in [0.4, 0.5) is 0 Å². The Balaban J connectivity index is 2.13. The van der Waals surface area contributed by atoms with Gasteiger partial charge in [-0.3, -0.25) is 0 Å². The molecule has 0 atom stereocenters. The average Bonchev–Trinajstić information content (AvgIpc) is 2.87. The van der Waals surface area contributed by atoms with Crippen LogP contribution in [0.5, 0.6) is 0 Å². The van der Waals surface area contributed by atoms with Gasteiger partial charge in [0.1, 0.15) is 6.33 Å². The zero-order valence-electron chi connectivity index (χ0n) is 9.28. The summed E-state index contributed by atoms with van der Waals surface area (Å²) in [4.78, 5) is 8.20. The van der Waals surface area contributed by atoms with Crippen LogP contribution < -0.4 is 4.72 Å². The van der Waals surface area contributed by atoms with Crippen molar-refractivity contribution in [2.75, 3.05) is 0 Å². The third kappa shape index (κ3) is 2.91. The first kappa shape index (κ1) is 13.1. The molecule has 2 rings (SSSR count). The molecule has 0 aliphatic rings. The fraction of sp³-hybridized carbons (Fsp3) is 0.200. The van der Waals surface area contributed by atoms with Crippen LogP contribution in [0.1, 0.15) is 10.6 Å². The average molecular weight is 285 g/mol. The molecule has 8 heteroatoms. The van der Waals surface area contributed by atoms with Crippen molar-refractivity contribution < 1.29 is 13.5 Å². The summed E-state index contributed by atoms with van der Waals surface area (Å²) in [6.45, 7) is -0.201. The third-order valence-corrected chi connectivity index (χ3v) is 4.74. The standard InChI is InChI=1S/C10H11N3O3S2/c14-6-9-10(2-4-17-9)18(15,16)13-5-8-1-3-11-7-12-8/h1-4,7,13-14H,5-6H2. The van der Waals surface area contributed by atoms with Gasteiger partial charge < -0.3 is 5.11 Å². The Kier molecular flexibility index (Phi) is 4.02. The number of aliphatic hydroxyl groups is 1. The third-order valence-electron chi connectivity index (χ3n) is 2.22. The van der Waals surface area contributed by atoms with E-state index in [4.69, 9.17) is 5.11 Å². The van der Waals surface area contributed by atoms with Gasteiger partial charge in [-0.25, -0.2) is 23.1 Å². The lowest BCUT2D eigenvalue weighted by atomic mass is 10.4. The van der Waals surface area contributed by atoms with Gasteiger partial charge in [-0.1, -0.05) is 0 Å². The molecule has 2 N–H and O–H groups in total. The van der Waals surface area contributed by atoms with E-state index in [1.165, 1.54) is 23.7 Å². The van der Waals surface area contributed by atoms with E-state index in [1.54, 1.807) is 17.6 Å². The molecule has 2 heterocycles. The van der Waals surface area contributed by atoms with Gasteiger partial charge in [0.05, 0.1) is 23.7 Å². The molecule has 0 aliphatic carbocycles. The summed E-state index contributed by atoms with van der Waals surface area (Å²) in [6, 6.07) is 3.10. The first-order valence-electron chi connectivity index (χ1n) is 5.05. The summed E-state index contributed by atoms with van der Waals surface area (Å²) in [7, 11) is -3.62. The minimum Gasteiger partial charge on any atom is -0.391 e. The topological polar surface area (TPSA) is 92.2 Å². The smallest absolute Gasteiger partial charge is 0.242 e. The van der Waals surface area contributed by atoms with E-state index >= 15 is 0 Å². The fourth-order valence-electron chi connectivity index (χ4n) is 1.35. The number of nitrogens with zero attached hydrogens (tertiary/aromatic N) is 2. The van der Waals surface area contributed by atoms with Gasteiger partial charge in [-0.05, 0) is 17.5 Å². The maximum atomic E-state index is 12.0. The van der Waals surface area contributed by atoms with E-state index in [9.17, 15) is 8.42 Å². The van der Waals surface area contributed by atoms with Crippen molar-refractivity contribution in [2.24, 2.45) is 0 Å². The maximum Gasteiger partial charge on any atom is 0.242 e. The molecule has 18 heavy (non-hydrogen) atoms. The van der Waals surface area contributed by atoms with Crippen LogP contribution in [0.2, 0.25) is 0 Å². The van der Waals surface area contributed by atoms with Crippen LogP contribution >= 0.6 is 11.3 Å². The first-order chi connectivity index (χ1) is 8.63. The van der Waals surface area contributed by atoms with Crippen molar-refractivity contribution >= 4 is 21.4 Å². The van der Waals surface area contributed by atoms with Crippen molar-refractivity contribution in [3.63, 3.8) is 0 Å². The van der Waals surface area contributed by atoms with Gasteiger partial charge in [-0.2, -0.15) is 0 Å².